The van der Waals surface area contributed by atoms with E-state index in [2.05, 4.69) is 35.9 Å². The van der Waals surface area contributed by atoms with Gasteiger partial charge in [0.15, 0.2) is 0 Å². The van der Waals surface area contributed by atoms with E-state index in [-0.39, 0.29) is 0 Å². The lowest BCUT2D eigenvalue weighted by Gasteiger charge is -2.01. The Hall–Kier alpha value is -2.29. The Balaban J connectivity index is 2.17. The van der Waals surface area contributed by atoms with Crippen LogP contribution in [0.3, 0.4) is 0 Å². The van der Waals surface area contributed by atoms with Gasteiger partial charge in [-0.3, -0.25) is 0 Å². The number of nitrogens with one attached hydrogen (secondary N) is 1. The van der Waals surface area contributed by atoms with E-state index in [1.807, 2.05) is 24.3 Å². The summed E-state index contributed by atoms with van der Waals surface area (Å²) in [6.07, 6.45) is 0. The smallest absolute Gasteiger partial charge is 0.138 e. The van der Waals surface area contributed by atoms with Crippen molar-refractivity contribution in [3.8, 4) is 17.1 Å². The molecule has 0 saturated heterocycles. The Bertz CT molecular complexity index is 744. The van der Waals surface area contributed by atoms with E-state index >= 15 is 0 Å². The number of aromatic amines is 1. The van der Waals surface area contributed by atoms with E-state index in [0.717, 1.165) is 28.2 Å². The summed E-state index contributed by atoms with van der Waals surface area (Å²) in [6, 6.07) is 12.2. The molecular weight excluding hydrogens is 236 g/mol. The minimum absolute atomic E-state index is 0.839. The van der Waals surface area contributed by atoms with Crippen LogP contribution in [0.15, 0.2) is 36.4 Å². The maximum Gasteiger partial charge on any atom is 0.138 e. The van der Waals surface area contributed by atoms with Gasteiger partial charge in [-0.05, 0) is 43.2 Å². The van der Waals surface area contributed by atoms with Crippen molar-refractivity contribution < 1.29 is 4.74 Å². The first-order valence-electron chi connectivity index (χ1n) is 6.29. The second kappa shape index (κ2) is 4.43. The number of fused-ring (bicyclic) bond motifs is 1. The number of H-pyrrole nitrogens is 1. The lowest BCUT2D eigenvalue weighted by atomic mass is 10.1. The minimum Gasteiger partial charge on any atom is -0.497 e. The van der Waals surface area contributed by atoms with Crippen molar-refractivity contribution in [1.29, 1.82) is 0 Å². The summed E-state index contributed by atoms with van der Waals surface area (Å²) in [5, 5.41) is 0. The summed E-state index contributed by atoms with van der Waals surface area (Å²) >= 11 is 0. The first-order chi connectivity index (χ1) is 9.17. The van der Waals surface area contributed by atoms with Crippen molar-refractivity contribution in [3.05, 3.63) is 47.5 Å². The average Bonchev–Trinajstić information content (AvgIpc) is 2.83. The summed E-state index contributed by atoms with van der Waals surface area (Å²) < 4.78 is 5.25. The van der Waals surface area contributed by atoms with Crippen LogP contribution < -0.4 is 4.74 Å². The zero-order valence-electron chi connectivity index (χ0n) is 11.3. The van der Waals surface area contributed by atoms with Gasteiger partial charge in [0, 0.05) is 5.56 Å². The van der Waals surface area contributed by atoms with Crippen molar-refractivity contribution >= 4 is 11.0 Å². The SMILES string of the molecule is COc1cccc(-c2nc3c(C)cc(C)cc3[nH]2)c1. The van der Waals surface area contributed by atoms with E-state index in [9.17, 15) is 0 Å². The molecule has 3 nitrogen and oxygen atoms in total. The quantitative estimate of drug-likeness (QED) is 0.752. The first kappa shape index (κ1) is 11.8. The Morgan fingerprint density at radius 1 is 1.11 bits per heavy atom. The molecule has 0 saturated carbocycles. The fourth-order valence-electron chi connectivity index (χ4n) is 2.38. The molecular formula is C16H16N2O. The maximum absolute atomic E-state index is 5.25. The van der Waals surface area contributed by atoms with Gasteiger partial charge >= 0.3 is 0 Å². The predicted octanol–water partition coefficient (Wildman–Crippen LogP) is 3.86. The van der Waals surface area contributed by atoms with Crippen molar-refractivity contribution in [2.24, 2.45) is 0 Å². The summed E-state index contributed by atoms with van der Waals surface area (Å²) in [4.78, 5) is 8.07. The topological polar surface area (TPSA) is 37.9 Å². The fourth-order valence-corrected chi connectivity index (χ4v) is 2.38. The number of hydrogen-bond donors (Lipinski definition) is 1. The van der Waals surface area contributed by atoms with Crippen LogP contribution in [0.4, 0.5) is 0 Å². The summed E-state index contributed by atoms with van der Waals surface area (Å²) in [6.45, 7) is 4.18. The summed E-state index contributed by atoms with van der Waals surface area (Å²) in [7, 11) is 1.67. The number of methoxy groups -OCH3 is 1. The Labute approximate surface area is 112 Å². The molecule has 19 heavy (non-hydrogen) atoms. The zero-order valence-corrected chi connectivity index (χ0v) is 11.3. The maximum atomic E-state index is 5.25. The van der Waals surface area contributed by atoms with Crippen LogP contribution in [-0.2, 0) is 0 Å². The number of nitrogens with zero attached hydrogens (tertiary/aromatic N) is 1. The molecule has 3 aromatic rings. The molecule has 0 radical (unpaired) electrons. The molecule has 1 N–H and O–H groups in total. The van der Waals surface area contributed by atoms with Crippen molar-refractivity contribution in [2.45, 2.75) is 13.8 Å². The highest BCUT2D eigenvalue weighted by Crippen LogP contribution is 2.26. The summed E-state index contributed by atoms with van der Waals surface area (Å²) in [5.74, 6) is 1.72. The molecule has 1 heterocycles. The predicted molar refractivity (Wildman–Crippen MR) is 77.6 cm³/mol. The van der Waals surface area contributed by atoms with E-state index in [0.29, 0.717) is 0 Å². The molecule has 0 bridgehead atoms. The molecule has 0 aliphatic rings. The van der Waals surface area contributed by atoms with E-state index < -0.39 is 0 Å². The van der Waals surface area contributed by atoms with Gasteiger partial charge in [0.1, 0.15) is 11.6 Å². The van der Waals surface area contributed by atoms with Crippen LogP contribution in [0.25, 0.3) is 22.4 Å². The number of rotatable bonds is 2. The largest absolute Gasteiger partial charge is 0.497 e. The highest BCUT2D eigenvalue weighted by atomic mass is 16.5. The van der Waals surface area contributed by atoms with E-state index in [1.165, 1.54) is 11.1 Å². The van der Waals surface area contributed by atoms with Gasteiger partial charge < -0.3 is 9.72 Å². The van der Waals surface area contributed by atoms with Crippen LogP contribution in [-0.4, -0.2) is 17.1 Å². The first-order valence-corrected chi connectivity index (χ1v) is 6.29. The second-order valence-electron chi connectivity index (χ2n) is 4.80. The molecule has 0 aliphatic heterocycles. The van der Waals surface area contributed by atoms with Crippen molar-refractivity contribution in [3.63, 3.8) is 0 Å². The Kier molecular flexibility index (Phi) is 2.75. The van der Waals surface area contributed by atoms with Gasteiger partial charge in [-0.2, -0.15) is 0 Å². The third kappa shape index (κ3) is 2.08. The van der Waals surface area contributed by atoms with Gasteiger partial charge in [0.25, 0.3) is 0 Å². The Morgan fingerprint density at radius 3 is 2.74 bits per heavy atom. The third-order valence-electron chi connectivity index (χ3n) is 3.26. The van der Waals surface area contributed by atoms with E-state index in [1.54, 1.807) is 7.11 Å². The van der Waals surface area contributed by atoms with Crippen molar-refractivity contribution in [1.82, 2.24) is 9.97 Å². The number of aromatic nitrogens is 2. The van der Waals surface area contributed by atoms with Crippen LogP contribution in [0.5, 0.6) is 5.75 Å². The standard InChI is InChI=1S/C16H16N2O/c1-10-7-11(2)15-14(8-10)17-16(18-15)12-5-4-6-13(9-12)19-3/h4-9H,1-3H3,(H,17,18). The number of aryl methyl sites for hydroxylation is 2. The molecule has 3 heteroatoms. The molecule has 96 valence electrons. The average molecular weight is 252 g/mol. The summed E-state index contributed by atoms with van der Waals surface area (Å²) in [5.41, 5.74) is 5.58. The zero-order chi connectivity index (χ0) is 13.4. The normalized spacial score (nSPS) is 10.9. The molecule has 0 atom stereocenters. The third-order valence-corrected chi connectivity index (χ3v) is 3.26. The minimum atomic E-state index is 0.839. The van der Waals surface area contributed by atoms with Crippen LogP contribution in [0.2, 0.25) is 0 Å². The van der Waals surface area contributed by atoms with Crippen molar-refractivity contribution in [2.75, 3.05) is 7.11 Å². The van der Waals surface area contributed by atoms with E-state index in [4.69, 9.17) is 4.74 Å². The molecule has 1 aromatic heterocycles. The molecule has 2 aromatic carbocycles. The van der Waals surface area contributed by atoms with Gasteiger partial charge in [-0.15, -0.1) is 0 Å². The van der Waals surface area contributed by atoms with Gasteiger partial charge in [-0.1, -0.05) is 18.2 Å². The monoisotopic (exact) mass is 252 g/mol. The fraction of sp³-hybridized carbons (Fsp3) is 0.188. The molecule has 0 fully saturated rings. The van der Waals surface area contributed by atoms with Crippen LogP contribution in [0.1, 0.15) is 11.1 Å². The molecule has 0 unspecified atom stereocenters. The number of hydrogen-bond acceptors (Lipinski definition) is 2. The molecule has 0 amide bonds. The highest BCUT2D eigenvalue weighted by Gasteiger charge is 2.08. The van der Waals surface area contributed by atoms with Gasteiger partial charge in [0.05, 0.1) is 18.1 Å². The molecule has 0 spiro atoms. The highest BCUT2D eigenvalue weighted by molar-refractivity contribution is 5.83. The number of benzene rings is 2. The number of ether oxygens (including phenoxy) is 1. The lowest BCUT2D eigenvalue weighted by molar-refractivity contribution is 0.415. The van der Waals surface area contributed by atoms with Crippen LogP contribution >= 0.6 is 0 Å². The van der Waals surface area contributed by atoms with Gasteiger partial charge in [-0.25, -0.2) is 4.98 Å². The molecule has 0 aliphatic carbocycles. The van der Waals surface area contributed by atoms with Gasteiger partial charge in [0.2, 0.25) is 0 Å². The second-order valence-corrected chi connectivity index (χ2v) is 4.80. The molecule has 3 rings (SSSR count). The lowest BCUT2D eigenvalue weighted by Crippen LogP contribution is -1.84. The number of imidazole rings is 1. The Morgan fingerprint density at radius 2 is 1.95 bits per heavy atom. The van der Waals surface area contributed by atoms with Crippen LogP contribution in [0, 0.1) is 13.8 Å².